The summed E-state index contributed by atoms with van der Waals surface area (Å²) in [6.07, 6.45) is 3.14. The molecule has 0 bridgehead atoms. The first-order valence-corrected chi connectivity index (χ1v) is 10.9. The lowest BCUT2D eigenvalue weighted by Gasteiger charge is -2.26. The molecule has 0 unspecified atom stereocenters. The molecule has 0 radical (unpaired) electrons. The fraction of sp³-hybridized carbons (Fsp3) is 0.250. The molecule has 0 heterocycles. The summed E-state index contributed by atoms with van der Waals surface area (Å²) in [4.78, 5) is 0. The zero-order valence-electron chi connectivity index (χ0n) is 16.0. The molecule has 4 heteroatoms. The second-order valence-corrected chi connectivity index (χ2v) is 9.30. The van der Waals surface area contributed by atoms with Gasteiger partial charge in [0.2, 0.25) is 0 Å². The number of benzene rings is 3. The highest BCUT2D eigenvalue weighted by Gasteiger charge is 2.21. The molecule has 0 saturated carbocycles. The molecule has 0 aliphatic carbocycles. The monoisotopic (exact) mass is 476 g/mol. The third kappa shape index (κ3) is 5.76. The van der Waals surface area contributed by atoms with Crippen molar-refractivity contribution in [3.63, 3.8) is 0 Å². The van der Waals surface area contributed by atoms with Crippen molar-refractivity contribution >= 4 is 39.1 Å². The van der Waals surface area contributed by atoms with Gasteiger partial charge in [0.25, 0.3) is 0 Å². The molecule has 0 saturated heterocycles. The predicted molar refractivity (Wildman–Crippen MR) is 123 cm³/mol. The molecule has 28 heavy (non-hydrogen) atoms. The van der Waals surface area contributed by atoms with Gasteiger partial charge in [-0.3, -0.25) is 0 Å². The molecular weight excluding hydrogens is 455 g/mol. The minimum atomic E-state index is 0.0414. The van der Waals surface area contributed by atoms with Crippen LogP contribution in [-0.4, -0.2) is 0 Å². The summed E-state index contributed by atoms with van der Waals surface area (Å²) in [5.74, 6) is 1.70. The average Bonchev–Trinajstić information content (AvgIpc) is 2.66. The third-order valence-electron chi connectivity index (χ3n) is 4.92. The Hall–Kier alpha value is -1.48. The molecule has 3 rings (SSSR count). The Balaban J connectivity index is 1.59. The molecular formula is C24H23BrCl2O. The Morgan fingerprint density at radius 2 is 1.61 bits per heavy atom. The number of hydrogen-bond donors (Lipinski definition) is 0. The SMILES string of the molecule is CC(C)(CCCc1cccc(Oc2ccc(Br)cc2)c1)c1ccc(Cl)c(Cl)c1. The summed E-state index contributed by atoms with van der Waals surface area (Å²) >= 11 is 15.7. The Bertz CT molecular complexity index is 936. The number of aryl methyl sites for hydroxylation is 1. The second-order valence-electron chi connectivity index (χ2n) is 7.57. The van der Waals surface area contributed by atoms with Crippen LogP contribution in [0.25, 0.3) is 0 Å². The summed E-state index contributed by atoms with van der Waals surface area (Å²) in [7, 11) is 0. The number of halogens is 3. The van der Waals surface area contributed by atoms with E-state index in [2.05, 4.69) is 48.0 Å². The zero-order chi connectivity index (χ0) is 20.1. The summed E-state index contributed by atoms with van der Waals surface area (Å²) in [5, 5.41) is 1.22. The van der Waals surface area contributed by atoms with Crippen LogP contribution in [-0.2, 0) is 11.8 Å². The molecule has 0 aliphatic rings. The van der Waals surface area contributed by atoms with Crippen LogP contribution in [0.1, 0.15) is 37.8 Å². The molecule has 0 aliphatic heterocycles. The maximum absolute atomic E-state index is 6.19. The van der Waals surface area contributed by atoms with Crippen LogP contribution < -0.4 is 4.74 Å². The number of ether oxygens (including phenoxy) is 1. The standard InChI is InChI=1S/C24H23BrCl2O/c1-24(2,18-8-13-22(26)23(27)16-18)14-4-6-17-5-3-7-21(15-17)28-20-11-9-19(25)10-12-20/h3,5,7-13,15-16H,4,6,14H2,1-2H3. The van der Waals surface area contributed by atoms with Gasteiger partial charge >= 0.3 is 0 Å². The predicted octanol–water partition coefficient (Wildman–Crippen LogP) is 8.85. The quantitative estimate of drug-likeness (QED) is 0.330. The maximum Gasteiger partial charge on any atom is 0.127 e. The Labute approximate surface area is 185 Å². The Morgan fingerprint density at radius 1 is 0.857 bits per heavy atom. The lowest BCUT2D eigenvalue weighted by atomic mass is 9.80. The van der Waals surface area contributed by atoms with Gasteiger partial charge in [0.1, 0.15) is 11.5 Å². The zero-order valence-corrected chi connectivity index (χ0v) is 19.1. The van der Waals surface area contributed by atoms with Crippen molar-refractivity contribution in [1.29, 1.82) is 0 Å². The largest absolute Gasteiger partial charge is 0.457 e. The lowest BCUT2D eigenvalue weighted by Crippen LogP contribution is -2.17. The van der Waals surface area contributed by atoms with Crippen LogP contribution >= 0.6 is 39.1 Å². The molecule has 3 aromatic rings. The average molecular weight is 478 g/mol. The molecule has 3 aromatic carbocycles. The van der Waals surface area contributed by atoms with Gasteiger partial charge in [0.05, 0.1) is 10.0 Å². The lowest BCUT2D eigenvalue weighted by molar-refractivity contribution is 0.460. The number of rotatable bonds is 7. The third-order valence-corrected chi connectivity index (χ3v) is 6.18. The molecule has 0 aromatic heterocycles. The first kappa shape index (κ1) is 21.2. The first-order valence-electron chi connectivity index (χ1n) is 9.31. The van der Waals surface area contributed by atoms with Crippen molar-refractivity contribution in [2.75, 3.05) is 0 Å². The van der Waals surface area contributed by atoms with Gasteiger partial charge in [-0.15, -0.1) is 0 Å². The molecule has 1 nitrogen and oxygen atoms in total. The fourth-order valence-corrected chi connectivity index (χ4v) is 3.76. The van der Waals surface area contributed by atoms with Crippen molar-refractivity contribution in [3.05, 3.63) is 92.4 Å². The van der Waals surface area contributed by atoms with Crippen molar-refractivity contribution in [2.24, 2.45) is 0 Å². The molecule has 0 N–H and O–H groups in total. The molecule has 146 valence electrons. The van der Waals surface area contributed by atoms with E-state index in [0.717, 1.165) is 35.2 Å². The van der Waals surface area contributed by atoms with E-state index in [9.17, 15) is 0 Å². The molecule has 0 fully saturated rings. The summed E-state index contributed by atoms with van der Waals surface area (Å²) < 4.78 is 7.01. The highest BCUT2D eigenvalue weighted by atomic mass is 79.9. The fourth-order valence-electron chi connectivity index (χ4n) is 3.20. The van der Waals surface area contributed by atoms with Gasteiger partial charge < -0.3 is 4.74 Å². The van der Waals surface area contributed by atoms with Crippen molar-refractivity contribution in [2.45, 2.75) is 38.5 Å². The van der Waals surface area contributed by atoms with Gasteiger partial charge in [0.15, 0.2) is 0 Å². The minimum absolute atomic E-state index is 0.0414. The molecule has 0 amide bonds. The van der Waals surface area contributed by atoms with E-state index in [-0.39, 0.29) is 5.41 Å². The maximum atomic E-state index is 6.19. The van der Waals surface area contributed by atoms with Crippen LogP contribution in [0.2, 0.25) is 10.0 Å². The van der Waals surface area contributed by atoms with E-state index in [1.54, 1.807) is 0 Å². The van der Waals surface area contributed by atoms with E-state index in [1.807, 2.05) is 48.5 Å². The molecule has 0 spiro atoms. The van der Waals surface area contributed by atoms with E-state index >= 15 is 0 Å². The van der Waals surface area contributed by atoms with Crippen LogP contribution in [0.15, 0.2) is 71.2 Å². The van der Waals surface area contributed by atoms with E-state index in [1.165, 1.54) is 11.1 Å². The second kappa shape index (κ2) is 9.35. The van der Waals surface area contributed by atoms with Crippen LogP contribution in [0, 0.1) is 0 Å². The topological polar surface area (TPSA) is 9.23 Å². The minimum Gasteiger partial charge on any atom is -0.457 e. The van der Waals surface area contributed by atoms with Gasteiger partial charge in [-0.2, -0.15) is 0 Å². The summed E-state index contributed by atoms with van der Waals surface area (Å²) in [6, 6.07) is 22.1. The van der Waals surface area contributed by atoms with E-state index < -0.39 is 0 Å². The van der Waals surface area contributed by atoms with Gasteiger partial charge in [-0.25, -0.2) is 0 Å². The highest BCUT2D eigenvalue weighted by molar-refractivity contribution is 9.10. The van der Waals surface area contributed by atoms with Crippen molar-refractivity contribution < 1.29 is 4.74 Å². The Morgan fingerprint density at radius 3 is 2.32 bits per heavy atom. The van der Waals surface area contributed by atoms with Crippen LogP contribution in [0.5, 0.6) is 11.5 Å². The smallest absolute Gasteiger partial charge is 0.127 e. The first-order chi connectivity index (χ1) is 13.3. The highest BCUT2D eigenvalue weighted by Crippen LogP contribution is 2.33. The van der Waals surface area contributed by atoms with Crippen LogP contribution in [0.4, 0.5) is 0 Å². The van der Waals surface area contributed by atoms with Gasteiger partial charge in [-0.1, -0.05) is 71.2 Å². The van der Waals surface area contributed by atoms with Crippen molar-refractivity contribution in [3.8, 4) is 11.5 Å². The van der Waals surface area contributed by atoms with Crippen molar-refractivity contribution in [1.82, 2.24) is 0 Å². The summed E-state index contributed by atoms with van der Waals surface area (Å²) in [6.45, 7) is 4.50. The molecule has 0 atom stereocenters. The van der Waals surface area contributed by atoms with E-state index in [0.29, 0.717) is 10.0 Å². The normalized spacial score (nSPS) is 11.5. The van der Waals surface area contributed by atoms with E-state index in [4.69, 9.17) is 27.9 Å². The van der Waals surface area contributed by atoms with Crippen LogP contribution in [0.3, 0.4) is 0 Å². The van der Waals surface area contributed by atoms with Gasteiger partial charge in [0, 0.05) is 4.47 Å². The van der Waals surface area contributed by atoms with Gasteiger partial charge in [-0.05, 0) is 84.3 Å². The Kier molecular flexibility index (Phi) is 7.09. The number of hydrogen-bond acceptors (Lipinski definition) is 1. The summed E-state index contributed by atoms with van der Waals surface area (Å²) in [5.41, 5.74) is 2.54.